The molecule has 32 heavy (non-hydrogen) atoms. The van der Waals surface area contributed by atoms with Gasteiger partial charge in [-0.15, -0.1) is 11.3 Å². The minimum Gasteiger partial charge on any atom is -0.369 e. The molecular weight excluding hydrogens is 426 g/mol. The van der Waals surface area contributed by atoms with E-state index in [1.807, 2.05) is 24.4 Å². The van der Waals surface area contributed by atoms with Gasteiger partial charge in [-0.1, -0.05) is 12.1 Å². The summed E-state index contributed by atoms with van der Waals surface area (Å²) in [5.74, 6) is -0.400. The van der Waals surface area contributed by atoms with Crippen molar-refractivity contribution in [2.75, 3.05) is 12.3 Å². The van der Waals surface area contributed by atoms with Crippen molar-refractivity contribution in [2.45, 2.75) is 32.4 Å². The van der Waals surface area contributed by atoms with Crippen LogP contribution in [0.1, 0.15) is 40.8 Å². The second-order valence-electron chi connectivity index (χ2n) is 7.70. The number of anilines is 1. The third kappa shape index (κ3) is 4.48. The van der Waals surface area contributed by atoms with Crippen molar-refractivity contribution in [3.63, 3.8) is 0 Å². The van der Waals surface area contributed by atoms with Crippen LogP contribution in [0, 0.1) is 17.2 Å². The molecule has 2 aromatic heterocycles. The number of imidazole rings is 1. The quantitative estimate of drug-likeness (QED) is 0.547. The number of piperidine rings is 1. The molecule has 4 N–H and O–H groups in total. The van der Waals surface area contributed by atoms with Gasteiger partial charge >= 0.3 is 0 Å². The van der Waals surface area contributed by atoms with Crippen LogP contribution < -0.4 is 11.1 Å². The van der Waals surface area contributed by atoms with Crippen molar-refractivity contribution < 1.29 is 9.59 Å². The second-order valence-corrected chi connectivity index (χ2v) is 8.65. The number of thiazole rings is 1. The number of nitrogens with one attached hydrogen (secondary N) is 2. The van der Waals surface area contributed by atoms with Gasteiger partial charge in [-0.3, -0.25) is 9.59 Å². The number of carbonyl (C=O) groups is 2. The van der Waals surface area contributed by atoms with E-state index in [9.17, 15) is 9.59 Å². The van der Waals surface area contributed by atoms with E-state index in [0.29, 0.717) is 24.3 Å². The summed E-state index contributed by atoms with van der Waals surface area (Å²) >= 11 is 1.47. The zero-order valence-electron chi connectivity index (χ0n) is 17.5. The molecule has 1 aliphatic heterocycles. The first-order valence-electron chi connectivity index (χ1n) is 10.3. The molecule has 9 nitrogen and oxygen atoms in total. The number of H-pyrrole nitrogens is 1. The highest BCUT2D eigenvalue weighted by Gasteiger charge is 2.36. The minimum atomic E-state index is -0.300. The number of hydrogen-bond acceptors (Lipinski definition) is 7. The fraction of sp³-hybridized carbons (Fsp3) is 0.318. The smallest absolute Gasteiger partial charge is 0.272 e. The molecule has 2 unspecified atom stereocenters. The van der Waals surface area contributed by atoms with Crippen LogP contribution in [0.4, 0.5) is 5.95 Å². The molecule has 0 bridgehead atoms. The summed E-state index contributed by atoms with van der Waals surface area (Å²) in [4.78, 5) is 38.6. The molecule has 1 saturated heterocycles. The van der Waals surface area contributed by atoms with E-state index in [4.69, 9.17) is 11.0 Å². The number of likely N-dealkylation sites (tertiary alicyclic amines) is 1. The number of carbonyl (C=O) groups excluding carboxylic acids is 2. The van der Waals surface area contributed by atoms with E-state index in [1.54, 1.807) is 17.0 Å². The van der Waals surface area contributed by atoms with Crippen molar-refractivity contribution in [1.29, 1.82) is 5.26 Å². The van der Waals surface area contributed by atoms with Crippen molar-refractivity contribution in [2.24, 2.45) is 5.92 Å². The average molecular weight is 450 g/mol. The van der Waals surface area contributed by atoms with Gasteiger partial charge in [0.2, 0.25) is 5.91 Å². The number of nitriles is 1. The Kier molecular flexibility index (Phi) is 6.18. The Bertz CT molecular complexity index is 1160. The number of aromatic nitrogens is 3. The maximum absolute atomic E-state index is 12.9. The lowest BCUT2D eigenvalue weighted by Gasteiger charge is -2.38. The van der Waals surface area contributed by atoms with Crippen LogP contribution >= 0.6 is 11.3 Å². The number of nitrogens with two attached hydrogens (primary N) is 1. The molecule has 1 aliphatic rings. The van der Waals surface area contributed by atoms with Crippen LogP contribution in [-0.2, 0) is 11.3 Å². The van der Waals surface area contributed by atoms with Gasteiger partial charge < -0.3 is 20.9 Å². The van der Waals surface area contributed by atoms with E-state index in [1.165, 1.54) is 17.5 Å². The summed E-state index contributed by atoms with van der Waals surface area (Å²) in [5.41, 5.74) is 8.24. The number of hydrogen-bond donors (Lipinski definition) is 3. The van der Waals surface area contributed by atoms with Gasteiger partial charge in [0, 0.05) is 23.5 Å². The zero-order chi connectivity index (χ0) is 22.7. The van der Waals surface area contributed by atoms with Gasteiger partial charge in [0.1, 0.15) is 10.7 Å². The molecule has 0 aliphatic carbocycles. The van der Waals surface area contributed by atoms with Gasteiger partial charge in [0.15, 0.2) is 5.95 Å². The fourth-order valence-corrected chi connectivity index (χ4v) is 4.66. The number of nitrogens with zero attached hydrogens (tertiary/aromatic N) is 4. The SMILES string of the molecule is CC1C(C(=O)NCc2nc(-c3ccc(C#N)cc3)cs2)CCCN1C(=O)c1cnc(N)[nH]1. The normalized spacial score (nSPS) is 18.2. The van der Waals surface area contributed by atoms with E-state index >= 15 is 0 Å². The molecule has 0 saturated carbocycles. The molecule has 2 atom stereocenters. The Morgan fingerprint density at radius 2 is 2.16 bits per heavy atom. The highest BCUT2D eigenvalue weighted by Crippen LogP contribution is 2.26. The first-order valence-corrected chi connectivity index (χ1v) is 11.2. The lowest BCUT2D eigenvalue weighted by molar-refractivity contribution is -0.128. The summed E-state index contributed by atoms with van der Waals surface area (Å²) in [5, 5.41) is 14.6. The first kappa shape index (κ1) is 21.5. The molecular formula is C22H23N7O2S. The second kappa shape index (κ2) is 9.20. The summed E-state index contributed by atoms with van der Waals surface area (Å²) in [7, 11) is 0. The van der Waals surface area contributed by atoms with Crippen molar-refractivity contribution >= 4 is 29.1 Å². The number of benzene rings is 1. The number of rotatable bonds is 5. The molecule has 3 heterocycles. The van der Waals surface area contributed by atoms with Crippen molar-refractivity contribution in [3.05, 3.63) is 52.1 Å². The average Bonchev–Trinajstić information content (AvgIpc) is 3.46. The molecule has 3 aromatic rings. The van der Waals surface area contributed by atoms with Gasteiger partial charge in [-0.2, -0.15) is 5.26 Å². The first-order chi connectivity index (χ1) is 15.5. The van der Waals surface area contributed by atoms with E-state index in [0.717, 1.165) is 29.1 Å². The molecule has 4 rings (SSSR count). The predicted octanol–water partition coefficient (Wildman–Crippen LogP) is 2.54. The Morgan fingerprint density at radius 1 is 1.38 bits per heavy atom. The fourth-order valence-electron chi connectivity index (χ4n) is 3.91. The van der Waals surface area contributed by atoms with E-state index in [2.05, 4.69) is 26.3 Å². The van der Waals surface area contributed by atoms with Crippen molar-refractivity contribution in [1.82, 2.24) is 25.2 Å². The third-order valence-electron chi connectivity index (χ3n) is 5.69. The highest BCUT2D eigenvalue weighted by atomic mass is 32.1. The maximum Gasteiger partial charge on any atom is 0.272 e. The predicted molar refractivity (Wildman–Crippen MR) is 120 cm³/mol. The molecule has 2 amide bonds. The van der Waals surface area contributed by atoms with Gasteiger partial charge in [0.25, 0.3) is 5.91 Å². The lowest BCUT2D eigenvalue weighted by Crippen LogP contribution is -2.51. The minimum absolute atomic E-state index is 0.0887. The summed E-state index contributed by atoms with van der Waals surface area (Å²) < 4.78 is 0. The number of amides is 2. The third-order valence-corrected chi connectivity index (χ3v) is 6.54. The molecule has 0 spiro atoms. The van der Waals surface area contributed by atoms with Crippen LogP contribution in [0.3, 0.4) is 0 Å². The van der Waals surface area contributed by atoms with E-state index in [-0.39, 0.29) is 29.7 Å². The Morgan fingerprint density at radius 3 is 2.84 bits per heavy atom. The highest BCUT2D eigenvalue weighted by molar-refractivity contribution is 7.09. The van der Waals surface area contributed by atoms with Gasteiger partial charge in [-0.25, -0.2) is 9.97 Å². The lowest BCUT2D eigenvalue weighted by atomic mass is 9.89. The van der Waals surface area contributed by atoms with Gasteiger partial charge in [-0.05, 0) is 31.9 Å². The summed E-state index contributed by atoms with van der Waals surface area (Å²) in [6, 6.07) is 9.08. The van der Waals surface area contributed by atoms with Crippen LogP contribution in [0.5, 0.6) is 0 Å². The van der Waals surface area contributed by atoms with Crippen LogP contribution in [0.2, 0.25) is 0 Å². The molecule has 164 valence electrons. The van der Waals surface area contributed by atoms with E-state index < -0.39 is 0 Å². The standard InChI is InChI=1S/C22H23N7O2S/c1-13-16(3-2-8-29(13)21(31)17-10-26-22(24)28-17)20(30)25-11-19-27-18(12-32-19)15-6-4-14(9-23)5-7-15/h4-7,10,12-13,16H,2-3,8,11H2,1H3,(H,25,30)(H3,24,26,28). The monoisotopic (exact) mass is 449 g/mol. The Hall–Kier alpha value is -3.71. The molecule has 1 fully saturated rings. The van der Waals surface area contributed by atoms with Crippen LogP contribution in [0.25, 0.3) is 11.3 Å². The summed E-state index contributed by atoms with van der Waals surface area (Å²) in [6.45, 7) is 2.81. The van der Waals surface area contributed by atoms with Gasteiger partial charge in [0.05, 0.1) is 36.0 Å². The van der Waals surface area contributed by atoms with Crippen LogP contribution in [0.15, 0.2) is 35.8 Å². The Balaban J connectivity index is 1.37. The zero-order valence-corrected chi connectivity index (χ0v) is 18.4. The Labute approximate surface area is 189 Å². The summed E-state index contributed by atoms with van der Waals surface area (Å²) in [6.07, 6.45) is 2.89. The van der Waals surface area contributed by atoms with Crippen LogP contribution in [-0.4, -0.2) is 44.3 Å². The molecule has 10 heteroatoms. The van der Waals surface area contributed by atoms with Crippen molar-refractivity contribution in [3.8, 4) is 17.3 Å². The molecule has 1 aromatic carbocycles. The number of aromatic amines is 1. The maximum atomic E-state index is 12.9. The topological polar surface area (TPSA) is 141 Å². The largest absolute Gasteiger partial charge is 0.369 e. The molecule has 0 radical (unpaired) electrons. The number of nitrogen functional groups attached to an aromatic ring is 1.